The van der Waals surface area contributed by atoms with Crippen molar-refractivity contribution in [3.05, 3.63) is 98.2 Å². The van der Waals surface area contributed by atoms with Gasteiger partial charge in [-0.1, -0.05) is 51.8 Å². The number of Topliss-reactive ketones (excluding diaryl/α,β-unsaturated/α-hetero) is 1. The van der Waals surface area contributed by atoms with Crippen LogP contribution in [0.25, 0.3) is 6.08 Å². The summed E-state index contributed by atoms with van der Waals surface area (Å²) in [6.07, 6.45) is 1.77. The number of aryl methyl sites for hydroxylation is 3. The molecule has 0 radical (unpaired) electrons. The van der Waals surface area contributed by atoms with E-state index in [0.29, 0.717) is 29.4 Å². The third-order valence-electron chi connectivity index (χ3n) is 5.01. The van der Waals surface area contributed by atoms with Crippen molar-refractivity contribution < 1.29 is 14.3 Å². The van der Waals surface area contributed by atoms with Crippen LogP contribution in [0.15, 0.2) is 64.8 Å². The molecule has 3 aromatic carbocycles. The Bertz CT molecular complexity index is 1130. The Morgan fingerprint density at radius 1 is 0.966 bits per heavy atom. The first-order chi connectivity index (χ1) is 13.9. The van der Waals surface area contributed by atoms with Crippen LogP contribution in [0.3, 0.4) is 0 Å². The number of ketones is 1. The summed E-state index contributed by atoms with van der Waals surface area (Å²) in [6, 6.07) is 17.8. The van der Waals surface area contributed by atoms with Crippen molar-refractivity contribution in [3.8, 4) is 11.5 Å². The second-order valence-electron chi connectivity index (χ2n) is 7.32. The minimum atomic E-state index is -0.0958. The molecule has 0 saturated carbocycles. The number of ether oxygens (including phenoxy) is 2. The molecule has 0 N–H and O–H groups in total. The summed E-state index contributed by atoms with van der Waals surface area (Å²) in [5.41, 5.74) is 5.91. The molecule has 0 fully saturated rings. The summed E-state index contributed by atoms with van der Waals surface area (Å²) in [5.74, 6) is 1.48. The summed E-state index contributed by atoms with van der Waals surface area (Å²) >= 11 is 3.42. The van der Waals surface area contributed by atoms with Gasteiger partial charge >= 0.3 is 0 Å². The molecule has 1 aliphatic heterocycles. The molecule has 0 aromatic heterocycles. The molecule has 0 bridgehead atoms. The van der Waals surface area contributed by atoms with E-state index in [-0.39, 0.29) is 5.78 Å². The van der Waals surface area contributed by atoms with E-state index in [2.05, 4.69) is 48.0 Å². The molecular weight excluding hydrogens is 428 g/mol. The third kappa shape index (κ3) is 4.13. The van der Waals surface area contributed by atoms with Gasteiger partial charge in [-0.3, -0.25) is 4.79 Å². The maximum absolute atomic E-state index is 12.8. The van der Waals surface area contributed by atoms with Gasteiger partial charge in [0, 0.05) is 10.5 Å². The standard InChI is InChI=1S/C25H21BrO3/c1-15-4-5-16(2)19(10-15)14-28-21-11-17(3)24-22(13-21)29-23(25(24)27)12-18-6-8-20(26)9-7-18/h4-13H,14H2,1-3H3/b23-12-. The van der Waals surface area contributed by atoms with Gasteiger partial charge in [0.15, 0.2) is 5.76 Å². The quantitative estimate of drug-likeness (QED) is 0.423. The van der Waals surface area contributed by atoms with Crippen LogP contribution in [0.5, 0.6) is 11.5 Å². The average Bonchev–Trinajstić information content (AvgIpc) is 3.00. The highest BCUT2D eigenvalue weighted by molar-refractivity contribution is 9.10. The van der Waals surface area contributed by atoms with E-state index < -0.39 is 0 Å². The summed E-state index contributed by atoms with van der Waals surface area (Å²) in [7, 11) is 0. The monoisotopic (exact) mass is 448 g/mol. The first-order valence-corrected chi connectivity index (χ1v) is 10.2. The first kappa shape index (κ1) is 19.5. The lowest BCUT2D eigenvalue weighted by Crippen LogP contribution is -2.00. The number of fused-ring (bicyclic) bond motifs is 1. The lowest BCUT2D eigenvalue weighted by atomic mass is 10.0. The van der Waals surface area contributed by atoms with Gasteiger partial charge < -0.3 is 9.47 Å². The zero-order valence-electron chi connectivity index (χ0n) is 16.6. The lowest BCUT2D eigenvalue weighted by Gasteiger charge is -2.11. The maximum Gasteiger partial charge on any atom is 0.232 e. The first-order valence-electron chi connectivity index (χ1n) is 9.44. The van der Waals surface area contributed by atoms with Crippen LogP contribution in [-0.2, 0) is 6.61 Å². The van der Waals surface area contributed by atoms with E-state index >= 15 is 0 Å². The normalized spacial score (nSPS) is 14.1. The van der Waals surface area contributed by atoms with Gasteiger partial charge in [0.1, 0.15) is 18.1 Å². The Labute approximate surface area is 179 Å². The molecule has 0 aliphatic carbocycles. The van der Waals surface area contributed by atoms with Gasteiger partial charge in [0.05, 0.1) is 5.56 Å². The molecule has 0 amide bonds. The average molecular weight is 449 g/mol. The minimum absolute atomic E-state index is 0.0958. The molecular formula is C25H21BrO3. The van der Waals surface area contributed by atoms with Crippen molar-refractivity contribution in [2.75, 3.05) is 0 Å². The number of allylic oxidation sites excluding steroid dienone is 1. The summed E-state index contributed by atoms with van der Waals surface area (Å²) in [5, 5.41) is 0. The predicted octanol–water partition coefficient (Wildman–Crippen LogP) is 6.57. The molecule has 0 saturated heterocycles. The van der Waals surface area contributed by atoms with Gasteiger partial charge in [-0.2, -0.15) is 0 Å². The summed E-state index contributed by atoms with van der Waals surface area (Å²) in [6.45, 7) is 6.53. The van der Waals surface area contributed by atoms with Crippen LogP contribution in [-0.4, -0.2) is 5.78 Å². The third-order valence-corrected chi connectivity index (χ3v) is 5.54. The smallest absolute Gasteiger partial charge is 0.232 e. The zero-order chi connectivity index (χ0) is 20.5. The van der Waals surface area contributed by atoms with Crippen LogP contribution in [0.1, 0.15) is 38.2 Å². The number of benzene rings is 3. The van der Waals surface area contributed by atoms with Gasteiger partial charge in [0.2, 0.25) is 5.78 Å². The van der Waals surface area contributed by atoms with E-state index in [1.54, 1.807) is 12.1 Å². The predicted molar refractivity (Wildman–Crippen MR) is 119 cm³/mol. The van der Waals surface area contributed by atoms with Crippen molar-refractivity contribution in [1.82, 2.24) is 0 Å². The van der Waals surface area contributed by atoms with Crippen LogP contribution < -0.4 is 9.47 Å². The molecule has 146 valence electrons. The Hall–Kier alpha value is -2.85. The molecule has 1 heterocycles. The van der Waals surface area contributed by atoms with Gasteiger partial charge in [0.25, 0.3) is 0 Å². The number of carbonyl (C=O) groups is 1. The highest BCUT2D eigenvalue weighted by Crippen LogP contribution is 2.37. The maximum atomic E-state index is 12.8. The van der Waals surface area contributed by atoms with Crippen molar-refractivity contribution >= 4 is 27.8 Å². The lowest BCUT2D eigenvalue weighted by molar-refractivity contribution is 0.101. The van der Waals surface area contributed by atoms with Crippen molar-refractivity contribution in [2.24, 2.45) is 0 Å². The Balaban J connectivity index is 1.57. The van der Waals surface area contributed by atoms with E-state index in [1.165, 1.54) is 11.1 Å². The Kier molecular flexibility index (Phi) is 5.29. The van der Waals surface area contributed by atoms with E-state index in [4.69, 9.17) is 9.47 Å². The Morgan fingerprint density at radius 2 is 1.72 bits per heavy atom. The molecule has 29 heavy (non-hydrogen) atoms. The molecule has 0 spiro atoms. The highest BCUT2D eigenvalue weighted by atomic mass is 79.9. The molecule has 1 aliphatic rings. The summed E-state index contributed by atoms with van der Waals surface area (Å²) < 4.78 is 12.9. The van der Waals surface area contributed by atoms with Crippen molar-refractivity contribution in [1.29, 1.82) is 0 Å². The molecule has 4 heteroatoms. The Morgan fingerprint density at radius 3 is 2.48 bits per heavy atom. The second-order valence-corrected chi connectivity index (χ2v) is 8.24. The topological polar surface area (TPSA) is 35.5 Å². The fraction of sp³-hybridized carbons (Fsp3) is 0.160. The number of hydrogen-bond acceptors (Lipinski definition) is 3. The molecule has 4 rings (SSSR count). The van der Waals surface area contributed by atoms with E-state index in [1.807, 2.05) is 37.3 Å². The molecule has 0 atom stereocenters. The molecule has 3 aromatic rings. The number of carbonyl (C=O) groups excluding carboxylic acids is 1. The number of halogens is 1. The fourth-order valence-corrected chi connectivity index (χ4v) is 3.65. The number of rotatable bonds is 4. The highest BCUT2D eigenvalue weighted by Gasteiger charge is 2.30. The minimum Gasteiger partial charge on any atom is -0.489 e. The fourth-order valence-electron chi connectivity index (χ4n) is 3.39. The van der Waals surface area contributed by atoms with E-state index in [0.717, 1.165) is 21.2 Å². The van der Waals surface area contributed by atoms with Gasteiger partial charge in [-0.15, -0.1) is 0 Å². The van der Waals surface area contributed by atoms with Crippen molar-refractivity contribution in [2.45, 2.75) is 27.4 Å². The second kappa shape index (κ2) is 7.88. The summed E-state index contributed by atoms with van der Waals surface area (Å²) in [4.78, 5) is 12.8. The SMILES string of the molecule is Cc1ccc(C)c(COc2cc(C)c3c(c2)O/C(=C\c2ccc(Br)cc2)C3=O)c1. The van der Waals surface area contributed by atoms with Gasteiger partial charge in [-0.05, 0) is 67.3 Å². The molecule has 3 nitrogen and oxygen atoms in total. The van der Waals surface area contributed by atoms with Crippen LogP contribution in [0.4, 0.5) is 0 Å². The van der Waals surface area contributed by atoms with Crippen molar-refractivity contribution in [3.63, 3.8) is 0 Å². The number of hydrogen-bond donors (Lipinski definition) is 0. The van der Waals surface area contributed by atoms with Crippen LogP contribution in [0, 0.1) is 20.8 Å². The molecule has 0 unspecified atom stereocenters. The van der Waals surface area contributed by atoms with Gasteiger partial charge in [-0.25, -0.2) is 0 Å². The zero-order valence-corrected chi connectivity index (χ0v) is 18.2. The van der Waals surface area contributed by atoms with E-state index in [9.17, 15) is 4.79 Å². The largest absolute Gasteiger partial charge is 0.489 e. The van der Waals surface area contributed by atoms with Crippen LogP contribution >= 0.6 is 15.9 Å². The van der Waals surface area contributed by atoms with Crippen LogP contribution in [0.2, 0.25) is 0 Å².